The Morgan fingerprint density at radius 1 is 1.42 bits per heavy atom. The standard InChI is InChI=1S/C13H14ClN3O2/c1-8-2-3-9(10(14)6-8)13-16-12(17-19-13)11-7-15-4-5-18-11/h2-3,6,11,15H,4-5,7H2,1H3. The van der Waals surface area contributed by atoms with Crippen molar-refractivity contribution in [1.82, 2.24) is 15.5 Å². The highest BCUT2D eigenvalue weighted by molar-refractivity contribution is 6.33. The lowest BCUT2D eigenvalue weighted by atomic mass is 10.1. The predicted octanol–water partition coefficient (Wildman–Crippen LogP) is 2.36. The molecule has 100 valence electrons. The third-order valence-electron chi connectivity index (χ3n) is 3.01. The van der Waals surface area contributed by atoms with Crippen LogP contribution in [0.2, 0.25) is 5.02 Å². The average molecular weight is 280 g/mol. The number of benzene rings is 1. The molecule has 0 bridgehead atoms. The van der Waals surface area contributed by atoms with Gasteiger partial charge in [-0.1, -0.05) is 22.8 Å². The molecular formula is C13H14ClN3O2. The van der Waals surface area contributed by atoms with Crippen LogP contribution < -0.4 is 5.32 Å². The van der Waals surface area contributed by atoms with E-state index in [4.69, 9.17) is 20.9 Å². The minimum absolute atomic E-state index is 0.157. The molecule has 19 heavy (non-hydrogen) atoms. The molecule has 1 saturated heterocycles. The molecule has 1 aromatic carbocycles. The smallest absolute Gasteiger partial charge is 0.259 e. The zero-order valence-corrected chi connectivity index (χ0v) is 11.3. The number of aryl methyl sites for hydroxylation is 1. The van der Waals surface area contributed by atoms with Crippen molar-refractivity contribution < 1.29 is 9.26 Å². The van der Waals surface area contributed by atoms with Gasteiger partial charge in [-0.15, -0.1) is 0 Å². The third kappa shape index (κ3) is 2.63. The normalized spacial score (nSPS) is 19.6. The summed E-state index contributed by atoms with van der Waals surface area (Å²) in [7, 11) is 0. The number of aromatic nitrogens is 2. The molecule has 2 aromatic rings. The van der Waals surface area contributed by atoms with Gasteiger partial charge in [0.05, 0.1) is 17.2 Å². The second kappa shape index (κ2) is 5.28. The van der Waals surface area contributed by atoms with E-state index < -0.39 is 0 Å². The van der Waals surface area contributed by atoms with Crippen LogP contribution in [0.25, 0.3) is 11.5 Å². The van der Waals surface area contributed by atoms with E-state index in [2.05, 4.69) is 15.5 Å². The minimum atomic E-state index is -0.157. The number of ether oxygens (including phenoxy) is 1. The molecule has 0 amide bonds. The van der Waals surface area contributed by atoms with Gasteiger partial charge in [-0.2, -0.15) is 4.98 Å². The lowest BCUT2D eigenvalue weighted by Crippen LogP contribution is -2.33. The summed E-state index contributed by atoms with van der Waals surface area (Å²) < 4.78 is 10.9. The van der Waals surface area contributed by atoms with E-state index in [0.29, 0.717) is 29.9 Å². The van der Waals surface area contributed by atoms with Gasteiger partial charge in [0.15, 0.2) is 0 Å². The summed E-state index contributed by atoms with van der Waals surface area (Å²) in [6, 6.07) is 5.72. The van der Waals surface area contributed by atoms with Crippen LogP contribution in [-0.2, 0) is 4.74 Å². The fourth-order valence-corrected chi connectivity index (χ4v) is 2.32. The second-order valence-corrected chi connectivity index (χ2v) is 4.91. The Labute approximate surface area is 115 Å². The van der Waals surface area contributed by atoms with Crippen molar-refractivity contribution in [3.05, 3.63) is 34.6 Å². The molecule has 1 unspecified atom stereocenters. The van der Waals surface area contributed by atoms with Gasteiger partial charge in [0.25, 0.3) is 5.89 Å². The van der Waals surface area contributed by atoms with E-state index in [0.717, 1.165) is 17.7 Å². The van der Waals surface area contributed by atoms with Gasteiger partial charge in [0.2, 0.25) is 5.82 Å². The molecule has 2 heterocycles. The topological polar surface area (TPSA) is 60.2 Å². The highest BCUT2D eigenvalue weighted by Gasteiger charge is 2.22. The molecule has 1 fully saturated rings. The molecular weight excluding hydrogens is 266 g/mol. The lowest BCUT2D eigenvalue weighted by Gasteiger charge is -2.20. The van der Waals surface area contributed by atoms with Crippen LogP contribution in [0, 0.1) is 6.92 Å². The number of nitrogens with zero attached hydrogens (tertiary/aromatic N) is 2. The van der Waals surface area contributed by atoms with Crippen LogP contribution in [0.3, 0.4) is 0 Å². The van der Waals surface area contributed by atoms with Crippen molar-refractivity contribution in [3.8, 4) is 11.5 Å². The van der Waals surface area contributed by atoms with Crippen LogP contribution in [0.1, 0.15) is 17.5 Å². The first-order valence-corrected chi connectivity index (χ1v) is 6.54. The highest BCUT2D eigenvalue weighted by Crippen LogP contribution is 2.28. The van der Waals surface area contributed by atoms with E-state index in [9.17, 15) is 0 Å². The Hall–Kier alpha value is -1.43. The number of halogens is 1. The van der Waals surface area contributed by atoms with Crippen molar-refractivity contribution in [2.75, 3.05) is 19.7 Å². The van der Waals surface area contributed by atoms with Crippen molar-refractivity contribution in [2.45, 2.75) is 13.0 Å². The molecule has 3 rings (SSSR count). The molecule has 1 N–H and O–H groups in total. The molecule has 0 radical (unpaired) electrons. The van der Waals surface area contributed by atoms with Gasteiger partial charge < -0.3 is 14.6 Å². The largest absolute Gasteiger partial charge is 0.367 e. The maximum absolute atomic E-state index is 6.19. The van der Waals surface area contributed by atoms with Gasteiger partial charge in [0.1, 0.15) is 6.10 Å². The van der Waals surface area contributed by atoms with E-state index in [1.165, 1.54) is 0 Å². The first-order chi connectivity index (χ1) is 9.24. The molecule has 1 aliphatic heterocycles. The molecule has 0 saturated carbocycles. The lowest BCUT2D eigenvalue weighted by molar-refractivity contribution is 0.0208. The Morgan fingerprint density at radius 2 is 2.32 bits per heavy atom. The molecule has 0 spiro atoms. The van der Waals surface area contributed by atoms with Crippen LogP contribution in [0.4, 0.5) is 0 Å². The van der Waals surface area contributed by atoms with Crippen molar-refractivity contribution in [2.24, 2.45) is 0 Å². The van der Waals surface area contributed by atoms with Crippen molar-refractivity contribution >= 4 is 11.6 Å². The summed E-state index contributed by atoms with van der Waals surface area (Å²) in [5.41, 5.74) is 1.84. The Kier molecular flexibility index (Phi) is 3.50. The zero-order chi connectivity index (χ0) is 13.2. The van der Waals surface area contributed by atoms with Gasteiger partial charge in [-0.3, -0.25) is 0 Å². The Balaban J connectivity index is 1.87. The van der Waals surface area contributed by atoms with E-state index in [1.807, 2.05) is 25.1 Å². The van der Waals surface area contributed by atoms with Crippen LogP contribution in [0.5, 0.6) is 0 Å². The first kappa shape index (κ1) is 12.6. The van der Waals surface area contributed by atoms with Gasteiger partial charge in [0, 0.05) is 13.1 Å². The summed E-state index contributed by atoms with van der Waals surface area (Å²) >= 11 is 6.19. The van der Waals surface area contributed by atoms with E-state index in [1.54, 1.807) is 0 Å². The first-order valence-electron chi connectivity index (χ1n) is 6.16. The number of nitrogens with one attached hydrogen (secondary N) is 1. The Bertz CT molecular complexity index is 579. The maximum atomic E-state index is 6.19. The number of hydrogen-bond donors (Lipinski definition) is 1. The summed E-state index contributed by atoms with van der Waals surface area (Å²) in [6.45, 7) is 4.18. The summed E-state index contributed by atoms with van der Waals surface area (Å²) in [4.78, 5) is 4.37. The van der Waals surface area contributed by atoms with Gasteiger partial charge in [-0.25, -0.2) is 0 Å². The zero-order valence-electron chi connectivity index (χ0n) is 10.5. The number of morpholine rings is 1. The average Bonchev–Trinajstić information content (AvgIpc) is 2.89. The number of rotatable bonds is 2. The minimum Gasteiger partial charge on any atom is -0.367 e. The third-order valence-corrected chi connectivity index (χ3v) is 3.33. The fraction of sp³-hybridized carbons (Fsp3) is 0.385. The summed E-state index contributed by atoms with van der Waals surface area (Å²) in [5, 5.41) is 7.81. The van der Waals surface area contributed by atoms with Gasteiger partial charge in [-0.05, 0) is 24.6 Å². The Morgan fingerprint density at radius 3 is 3.05 bits per heavy atom. The molecule has 0 aliphatic carbocycles. The van der Waals surface area contributed by atoms with Crippen molar-refractivity contribution in [3.63, 3.8) is 0 Å². The van der Waals surface area contributed by atoms with Crippen molar-refractivity contribution in [1.29, 1.82) is 0 Å². The van der Waals surface area contributed by atoms with Crippen LogP contribution in [0.15, 0.2) is 22.7 Å². The molecule has 6 heteroatoms. The molecule has 5 nitrogen and oxygen atoms in total. The highest BCUT2D eigenvalue weighted by atomic mass is 35.5. The van der Waals surface area contributed by atoms with Gasteiger partial charge >= 0.3 is 0 Å². The summed E-state index contributed by atoms with van der Waals surface area (Å²) in [5.74, 6) is 0.980. The molecule has 1 aliphatic rings. The quantitative estimate of drug-likeness (QED) is 0.914. The fourth-order valence-electron chi connectivity index (χ4n) is 2.00. The van der Waals surface area contributed by atoms with Crippen LogP contribution >= 0.6 is 11.6 Å². The number of hydrogen-bond acceptors (Lipinski definition) is 5. The monoisotopic (exact) mass is 279 g/mol. The summed E-state index contributed by atoms with van der Waals surface area (Å²) in [6.07, 6.45) is -0.157. The molecule has 1 aromatic heterocycles. The predicted molar refractivity (Wildman–Crippen MR) is 71.0 cm³/mol. The second-order valence-electron chi connectivity index (χ2n) is 4.50. The van der Waals surface area contributed by atoms with Crippen LogP contribution in [-0.4, -0.2) is 29.8 Å². The van der Waals surface area contributed by atoms with E-state index >= 15 is 0 Å². The van der Waals surface area contributed by atoms with E-state index in [-0.39, 0.29) is 6.10 Å². The SMILES string of the molecule is Cc1ccc(-c2nc(C3CNCCO3)no2)c(Cl)c1. The molecule has 1 atom stereocenters. The maximum Gasteiger partial charge on any atom is 0.259 e.